The van der Waals surface area contributed by atoms with Gasteiger partial charge >= 0.3 is 0 Å². The summed E-state index contributed by atoms with van der Waals surface area (Å²) in [7, 11) is 5.55. The molecule has 4 nitrogen and oxygen atoms in total. The zero-order valence-electron chi connectivity index (χ0n) is 12.4. The highest BCUT2D eigenvalue weighted by Crippen LogP contribution is 2.12. The largest absolute Gasteiger partial charge is 0.343 e. The van der Waals surface area contributed by atoms with E-state index in [4.69, 9.17) is 0 Å². The second kappa shape index (κ2) is 9.05. The zero-order chi connectivity index (χ0) is 14.1. The van der Waals surface area contributed by atoms with E-state index in [9.17, 15) is 4.79 Å². The molecule has 0 aliphatic rings. The summed E-state index contributed by atoms with van der Waals surface area (Å²) in [6.07, 6.45) is 1.13. The van der Waals surface area contributed by atoms with Crippen LogP contribution in [-0.2, 0) is 6.54 Å². The number of aromatic nitrogens is 1. The molecule has 104 valence electrons. The number of nitrogens with zero attached hydrogens (tertiary/aromatic N) is 3. The van der Waals surface area contributed by atoms with Gasteiger partial charge < -0.3 is 9.80 Å². The fourth-order valence-corrected chi connectivity index (χ4v) is 2.23. The first-order chi connectivity index (χ1) is 8.54. The van der Waals surface area contributed by atoms with Gasteiger partial charge in [-0.15, -0.1) is 11.3 Å². The smallest absolute Gasteiger partial charge is 0.282 e. The molecule has 1 amide bonds. The molecule has 1 rings (SSSR count). The summed E-state index contributed by atoms with van der Waals surface area (Å²) < 4.78 is 0. The van der Waals surface area contributed by atoms with Crippen LogP contribution in [0.4, 0.5) is 0 Å². The van der Waals surface area contributed by atoms with E-state index in [1.54, 1.807) is 19.0 Å². The molecule has 0 aromatic carbocycles. The number of carbonyl (C=O) groups excluding carboxylic acids is 1. The third kappa shape index (κ3) is 5.60. The van der Waals surface area contributed by atoms with Crippen molar-refractivity contribution in [1.82, 2.24) is 14.8 Å². The minimum atomic E-state index is -0.0191. The Morgan fingerprint density at radius 1 is 1.33 bits per heavy atom. The van der Waals surface area contributed by atoms with Crippen LogP contribution in [0.3, 0.4) is 0 Å². The Bertz CT molecular complexity index is 350. The first-order valence-corrected chi connectivity index (χ1v) is 7.27. The van der Waals surface area contributed by atoms with Gasteiger partial charge in [0.05, 0.1) is 5.69 Å². The standard InChI is InChI=1S/C11H19N3OS.C2H6/c1-5-6-14(4)7-9-8-16-10(12-9)11(15)13(2)3;1-2/h8H,5-7H2,1-4H3;1-2H3. The molecule has 0 bridgehead atoms. The van der Waals surface area contributed by atoms with Crippen molar-refractivity contribution in [2.45, 2.75) is 33.7 Å². The Hall–Kier alpha value is -0.940. The molecule has 0 saturated heterocycles. The fraction of sp³-hybridized carbons (Fsp3) is 0.692. The lowest BCUT2D eigenvalue weighted by Crippen LogP contribution is -2.22. The Morgan fingerprint density at radius 2 is 1.94 bits per heavy atom. The summed E-state index contributed by atoms with van der Waals surface area (Å²) in [6, 6.07) is 0. The second-order valence-electron chi connectivity index (χ2n) is 4.08. The molecule has 0 aliphatic heterocycles. The molecule has 1 aromatic rings. The highest BCUT2D eigenvalue weighted by atomic mass is 32.1. The summed E-state index contributed by atoms with van der Waals surface area (Å²) in [6.45, 7) is 8.01. The van der Waals surface area contributed by atoms with Gasteiger partial charge in [-0.05, 0) is 20.0 Å². The lowest BCUT2D eigenvalue weighted by Gasteiger charge is -2.13. The molecule has 0 N–H and O–H groups in total. The second-order valence-corrected chi connectivity index (χ2v) is 4.94. The van der Waals surface area contributed by atoms with Gasteiger partial charge in [0.2, 0.25) is 0 Å². The van der Waals surface area contributed by atoms with Crippen LogP contribution in [-0.4, -0.2) is 48.4 Å². The predicted molar refractivity (Wildman–Crippen MR) is 78.1 cm³/mol. The summed E-state index contributed by atoms with van der Waals surface area (Å²) >= 11 is 1.42. The van der Waals surface area contributed by atoms with Gasteiger partial charge in [0.1, 0.15) is 0 Å². The van der Waals surface area contributed by atoms with Crippen molar-refractivity contribution >= 4 is 17.2 Å². The SMILES string of the molecule is CC.CCCN(C)Cc1csc(C(=O)N(C)C)n1. The minimum absolute atomic E-state index is 0.0191. The first kappa shape index (κ1) is 17.1. The summed E-state index contributed by atoms with van der Waals surface area (Å²) in [5.74, 6) is -0.0191. The Morgan fingerprint density at radius 3 is 2.44 bits per heavy atom. The zero-order valence-corrected chi connectivity index (χ0v) is 13.2. The topological polar surface area (TPSA) is 36.4 Å². The molecule has 1 aromatic heterocycles. The van der Waals surface area contributed by atoms with E-state index in [1.807, 2.05) is 19.2 Å². The number of thiazole rings is 1. The van der Waals surface area contributed by atoms with E-state index in [2.05, 4.69) is 23.9 Å². The molecular formula is C13H25N3OS. The van der Waals surface area contributed by atoms with Crippen LogP contribution in [0.5, 0.6) is 0 Å². The fourth-order valence-electron chi connectivity index (χ4n) is 1.41. The van der Waals surface area contributed by atoms with Crippen molar-refractivity contribution in [3.05, 3.63) is 16.1 Å². The van der Waals surface area contributed by atoms with Crippen molar-refractivity contribution in [3.8, 4) is 0 Å². The van der Waals surface area contributed by atoms with Crippen molar-refractivity contribution in [2.75, 3.05) is 27.7 Å². The average Bonchev–Trinajstić information content (AvgIpc) is 2.79. The number of carbonyl (C=O) groups is 1. The lowest BCUT2D eigenvalue weighted by molar-refractivity contribution is 0.0827. The van der Waals surface area contributed by atoms with Crippen LogP contribution >= 0.6 is 11.3 Å². The maximum atomic E-state index is 11.6. The van der Waals surface area contributed by atoms with Crippen LogP contribution in [0, 0.1) is 0 Å². The number of hydrogen-bond donors (Lipinski definition) is 0. The summed E-state index contributed by atoms with van der Waals surface area (Å²) in [5, 5.41) is 2.54. The van der Waals surface area contributed by atoms with E-state index in [0.717, 1.165) is 25.2 Å². The molecule has 0 unspecified atom stereocenters. The van der Waals surface area contributed by atoms with Crippen molar-refractivity contribution < 1.29 is 4.79 Å². The van der Waals surface area contributed by atoms with Gasteiger partial charge in [-0.1, -0.05) is 20.8 Å². The van der Waals surface area contributed by atoms with E-state index in [1.165, 1.54) is 11.3 Å². The lowest BCUT2D eigenvalue weighted by atomic mass is 10.4. The average molecular weight is 271 g/mol. The van der Waals surface area contributed by atoms with Gasteiger partial charge in [-0.2, -0.15) is 0 Å². The molecular weight excluding hydrogens is 246 g/mol. The van der Waals surface area contributed by atoms with Crippen molar-refractivity contribution in [2.24, 2.45) is 0 Å². The maximum Gasteiger partial charge on any atom is 0.282 e. The Kier molecular flexibility index (Phi) is 8.58. The molecule has 5 heteroatoms. The predicted octanol–water partition coefficient (Wildman–Crippen LogP) is 2.71. The van der Waals surface area contributed by atoms with Crippen LogP contribution in [0.25, 0.3) is 0 Å². The van der Waals surface area contributed by atoms with E-state index >= 15 is 0 Å². The van der Waals surface area contributed by atoms with Crippen LogP contribution in [0.2, 0.25) is 0 Å². The Balaban J connectivity index is 0.00000137. The quantitative estimate of drug-likeness (QED) is 0.826. The van der Waals surface area contributed by atoms with Gasteiger partial charge in [0.15, 0.2) is 5.01 Å². The number of amides is 1. The van der Waals surface area contributed by atoms with Crippen LogP contribution in [0.15, 0.2) is 5.38 Å². The van der Waals surface area contributed by atoms with Crippen molar-refractivity contribution in [1.29, 1.82) is 0 Å². The Labute approximate surface area is 115 Å². The third-order valence-electron chi connectivity index (χ3n) is 2.18. The highest BCUT2D eigenvalue weighted by molar-refractivity contribution is 7.11. The third-order valence-corrected chi connectivity index (χ3v) is 3.06. The van der Waals surface area contributed by atoms with Gasteiger partial charge in [0, 0.05) is 26.0 Å². The van der Waals surface area contributed by atoms with Gasteiger partial charge in [-0.25, -0.2) is 4.98 Å². The van der Waals surface area contributed by atoms with Crippen LogP contribution < -0.4 is 0 Å². The molecule has 0 atom stereocenters. The highest BCUT2D eigenvalue weighted by Gasteiger charge is 2.13. The molecule has 0 aliphatic carbocycles. The molecule has 0 radical (unpaired) electrons. The number of hydrogen-bond acceptors (Lipinski definition) is 4. The number of rotatable bonds is 5. The minimum Gasteiger partial charge on any atom is -0.343 e. The van der Waals surface area contributed by atoms with Crippen LogP contribution in [0.1, 0.15) is 42.7 Å². The molecule has 1 heterocycles. The van der Waals surface area contributed by atoms with E-state index in [0.29, 0.717) is 5.01 Å². The van der Waals surface area contributed by atoms with Gasteiger partial charge in [-0.3, -0.25) is 4.79 Å². The maximum absolute atomic E-state index is 11.6. The molecule has 0 fully saturated rings. The molecule has 0 saturated carbocycles. The van der Waals surface area contributed by atoms with Crippen molar-refractivity contribution in [3.63, 3.8) is 0 Å². The van der Waals surface area contributed by atoms with E-state index in [-0.39, 0.29) is 5.91 Å². The van der Waals surface area contributed by atoms with E-state index < -0.39 is 0 Å². The van der Waals surface area contributed by atoms with Gasteiger partial charge in [0.25, 0.3) is 5.91 Å². The monoisotopic (exact) mass is 271 g/mol. The summed E-state index contributed by atoms with van der Waals surface area (Å²) in [5.41, 5.74) is 0.978. The molecule has 0 spiro atoms. The first-order valence-electron chi connectivity index (χ1n) is 6.39. The normalized spacial score (nSPS) is 9.94. The molecule has 18 heavy (non-hydrogen) atoms. The summed E-state index contributed by atoms with van der Waals surface area (Å²) in [4.78, 5) is 19.7.